The summed E-state index contributed by atoms with van der Waals surface area (Å²) in [5.41, 5.74) is 1.33. The minimum atomic E-state index is -0.614. The topological polar surface area (TPSA) is 68.5 Å². The maximum atomic E-state index is 12.3. The average molecular weight is 408 g/mol. The second kappa shape index (κ2) is 7.60. The standard InChI is InChI=1S/C19H22BrNO4/c1-11-5-3-4-6-15(11)21-17(22)10-24-19(23)18-12(2)14-9-13(20)7-8-16(14)25-18/h7-9,11,15H,3-6,10H2,1-2H3,(H,21,22). The van der Waals surface area contributed by atoms with E-state index < -0.39 is 5.97 Å². The van der Waals surface area contributed by atoms with Crippen molar-refractivity contribution in [2.75, 3.05) is 6.61 Å². The van der Waals surface area contributed by atoms with E-state index in [0.29, 0.717) is 17.1 Å². The summed E-state index contributed by atoms with van der Waals surface area (Å²) in [5.74, 6) is -0.267. The molecule has 1 aliphatic carbocycles. The predicted octanol–water partition coefficient (Wildman–Crippen LogP) is 4.36. The third-order valence-electron chi connectivity index (χ3n) is 4.88. The van der Waals surface area contributed by atoms with Crippen molar-refractivity contribution < 1.29 is 18.7 Å². The van der Waals surface area contributed by atoms with E-state index in [1.807, 2.05) is 12.1 Å². The normalized spacial score (nSPS) is 20.4. The van der Waals surface area contributed by atoms with Gasteiger partial charge in [-0.05, 0) is 43.9 Å². The number of hydrogen-bond acceptors (Lipinski definition) is 4. The molecule has 1 heterocycles. The van der Waals surface area contributed by atoms with E-state index in [1.165, 1.54) is 6.42 Å². The molecule has 1 amide bonds. The summed E-state index contributed by atoms with van der Waals surface area (Å²) in [4.78, 5) is 24.3. The summed E-state index contributed by atoms with van der Waals surface area (Å²) in [6, 6.07) is 5.70. The molecular weight excluding hydrogens is 386 g/mol. The Labute approximate surface area is 155 Å². The lowest BCUT2D eigenvalue weighted by molar-refractivity contribution is -0.125. The lowest BCUT2D eigenvalue weighted by Gasteiger charge is -2.29. The first kappa shape index (κ1) is 18.0. The van der Waals surface area contributed by atoms with Crippen LogP contribution in [0.5, 0.6) is 0 Å². The maximum Gasteiger partial charge on any atom is 0.375 e. The highest BCUT2D eigenvalue weighted by molar-refractivity contribution is 9.10. The number of carbonyl (C=O) groups is 2. The summed E-state index contributed by atoms with van der Waals surface area (Å²) in [6.45, 7) is 3.66. The van der Waals surface area contributed by atoms with Crippen LogP contribution in [0.3, 0.4) is 0 Å². The van der Waals surface area contributed by atoms with Crippen LogP contribution >= 0.6 is 15.9 Å². The number of rotatable bonds is 4. The van der Waals surface area contributed by atoms with Crippen molar-refractivity contribution in [2.45, 2.75) is 45.6 Å². The van der Waals surface area contributed by atoms with Gasteiger partial charge in [-0.3, -0.25) is 4.79 Å². The zero-order valence-electron chi connectivity index (χ0n) is 14.4. The highest BCUT2D eigenvalue weighted by Crippen LogP contribution is 2.28. The van der Waals surface area contributed by atoms with Gasteiger partial charge in [-0.2, -0.15) is 0 Å². The lowest BCUT2D eigenvalue weighted by atomic mass is 9.86. The molecule has 2 atom stereocenters. The Balaban J connectivity index is 1.61. The number of halogens is 1. The first-order valence-electron chi connectivity index (χ1n) is 8.61. The van der Waals surface area contributed by atoms with Crippen LogP contribution in [0.4, 0.5) is 0 Å². The number of benzene rings is 1. The first-order chi connectivity index (χ1) is 12.0. The quantitative estimate of drug-likeness (QED) is 0.764. The van der Waals surface area contributed by atoms with E-state index in [2.05, 4.69) is 28.2 Å². The zero-order valence-corrected chi connectivity index (χ0v) is 16.0. The van der Waals surface area contributed by atoms with Gasteiger partial charge >= 0.3 is 5.97 Å². The third-order valence-corrected chi connectivity index (χ3v) is 5.37. The highest BCUT2D eigenvalue weighted by Gasteiger charge is 2.24. The molecule has 1 fully saturated rings. The lowest BCUT2D eigenvalue weighted by Crippen LogP contribution is -2.42. The van der Waals surface area contributed by atoms with Gasteiger partial charge in [-0.25, -0.2) is 4.79 Å². The summed E-state index contributed by atoms with van der Waals surface area (Å²) in [5, 5.41) is 3.82. The van der Waals surface area contributed by atoms with Gasteiger partial charge in [0, 0.05) is 21.5 Å². The van der Waals surface area contributed by atoms with Crippen molar-refractivity contribution in [3.05, 3.63) is 34.0 Å². The Bertz CT molecular complexity index is 798. The van der Waals surface area contributed by atoms with Crippen molar-refractivity contribution in [1.29, 1.82) is 0 Å². The van der Waals surface area contributed by atoms with Crippen LogP contribution < -0.4 is 5.32 Å². The van der Waals surface area contributed by atoms with Crippen LogP contribution in [0.1, 0.15) is 48.7 Å². The van der Waals surface area contributed by atoms with Gasteiger partial charge in [-0.15, -0.1) is 0 Å². The fourth-order valence-electron chi connectivity index (χ4n) is 3.36. The molecule has 0 saturated heterocycles. The Hall–Kier alpha value is -1.82. The molecule has 6 heteroatoms. The molecule has 3 rings (SSSR count). The van der Waals surface area contributed by atoms with Gasteiger partial charge in [0.05, 0.1) is 0 Å². The Morgan fingerprint density at radius 2 is 2.08 bits per heavy atom. The number of fused-ring (bicyclic) bond motifs is 1. The predicted molar refractivity (Wildman–Crippen MR) is 98.5 cm³/mol. The van der Waals surface area contributed by atoms with E-state index in [4.69, 9.17) is 9.15 Å². The highest BCUT2D eigenvalue weighted by atomic mass is 79.9. The Morgan fingerprint density at radius 1 is 1.32 bits per heavy atom. The average Bonchev–Trinajstić information content (AvgIpc) is 2.91. The van der Waals surface area contributed by atoms with E-state index in [0.717, 1.165) is 29.1 Å². The van der Waals surface area contributed by atoms with Crippen molar-refractivity contribution in [2.24, 2.45) is 5.92 Å². The molecule has 5 nitrogen and oxygen atoms in total. The Kier molecular flexibility index (Phi) is 5.47. The molecule has 1 N–H and O–H groups in total. The number of carbonyl (C=O) groups excluding carboxylic acids is 2. The molecule has 134 valence electrons. The van der Waals surface area contributed by atoms with Crippen LogP contribution in [0.2, 0.25) is 0 Å². The molecule has 0 aliphatic heterocycles. The molecule has 0 radical (unpaired) electrons. The number of esters is 1. The van der Waals surface area contributed by atoms with E-state index in [9.17, 15) is 9.59 Å². The molecule has 25 heavy (non-hydrogen) atoms. The maximum absolute atomic E-state index is 12.3. The van der Waals surface area contributed by atoms with Crippen LogP contribution in [-0.4, -0.2) is 24.5 Å². The van der Waals surface area contributed by atoms with Gasteiger partial charge < -0.3 is 14.5 Å². The molecule has 2 unspecified atom stereocenters. The second-order valence-electron chi connectivity index (χ2n) is 6.71. The molecular formula is C19H22BrNO4. The van der Waals surface area contributed by atoms with E-state index >= 15 is 0 Å². The van der Waals surface area contributed by atoms with Crippen molar-refractivity contribution in [1.82, 2.24) is 5.32 Å². The van der Waals surface area contributed by atoms with Crippen molar-refractivity contribution in [3.63, 3.8) is 0 Å². The number of furan rings is 1. The van der Waals surface area contributed by atoms with Gasteiger partial charge in [-0.1, -0.05) is 35.7 Å². The Morgan fingerprint density at radius 3 is 2.84 bits per heavy atom. The van der Waals surface area contributed by atoms with Gasteiger partial charge in [0.15, 0.2) is 6.61 Å². The SMILES string of the molecule is Cc1c(C(=O)OCC(=O)NC2CCCCC2C)oc2ccc(Br)cc12. The second-order valence-corrected chi connectivity index (χ2v) is 7.62. The minimum Gasteiger partial charge on any atom is -0.450 e. The number of ether oxygens (including phenoxy) is 1. The number of amides is 1. The summed E-state index contributed by atoms with van der Waals surface area (Å²) >= 11 is 3.40. The molecule has 0 bridgehead atoms. The molecule has 1 aliphatic rings. The number of hydrogen-bond donors (Lipinski definition) is 1. The fourth-order valence-corrected chi connectivity index (χ4v) is 3.72. The summed E-state index contributed by atoms with van der Waals surface area (Å²) < 4.78 is 11.6. The zero-order chi connectivity index (χ0) is 18.0. The number of aryl methyl sites for hydroxylation is 1. The van der Waals surface area contributed by atoms with E-state index in [1.54, 1.807) is 13.0 Å². The molecule has 2 aromatic rings. The fraction of sp³-hybridized carbons (Fsp3) is 0.474. The van der Waals surface area contributed by atoms with Crippen LogP contribution in [-0.2, 0) is 9.53 Å². The first-order valence-corrected chi connectivity index (χ1v) is 9.40. The number of nitrogens with one attached hydrogen (secondary N) is 1. The summed E-state index contributed by atoms with van der Waals surface area (Å²) in [7, 11) is 0. The van der Waals surface area contributed by atoms with Gasteiger partial charge in [0.2, 0.25) is 5.76 Å². The van der Waals surface area contributed by atoms with Crippen molar-refractivity contribution >= 4 is 38.8 Å². The largest absolute Gasteiger partial charge is 0.450 e. The molecule has 0 spiro atoms. The van der Waals surface area contributed by atoms with Crippen LogP contribution in [0.15, 0.2) is 27.1 Å². The van der Waals surface area contributed by atoms with Crippen LogP contribution in [0, 0.1) is 12.8 Å². The molecule has 1 aromatic carbocycles. The van der Waals surface area contributed by atoms with Gasteiger partial charge in [0.1, 0.15) is 5.58 Å². The smallest absolute Gasteiger partial charge is 0.375 e. The summed E-state index contributed by atoms with van der Waals surface area (Å²) in [6.07, 6.45) is 4.45. The molecule has 1 saturated carbocycles. The van der Waals surface area contributed by atoms with E-state index in [-0.39, 0.29) is 24.3 Å². The molecule has 1 aromatic heterocycles. The monoisotopic (exact) mass is 407 g/mol. The van der Waals surface area contributed by atoms with Gasteiger partial charge in [0.25, 0.3) is 5.91 Å². The van der Waals surface area contributed by atoms with Crippen molar-refractivity contribution in [3.8, 4) is 0 Å². The third kappa shape index (κ3) is 4.06. The minimum absolute atomic E-state index is 0.145. The van der Waals surface area contributed by atoms with Crippen LogP contribution in [0.25, 0.3) is 11.0 Å².